The molecular formula is C24H21N3O4. The van der Waals surface area contributed by atoms with Gasteiger partial charge in [0.05, 0.1) is 4.92 Å². The number of hydrogen-bond acceptors (Lipinski definition) is 4. The van der Waals surface area contributed by atoms with Gasteiger partial charge in [-0.3, -0.25) is 19.7 Å². The maximum atomic E-state index is 12.9. The number of aryl methyl sites for hydroxylation is 2. The van der Waals surface area contributed by atoms with Gasteiger partial charge < -0.3 is 10.6 Å². The highest BCUT2D eigenvalue weighted by molar-refractivity contribution is 6.10. The van der Waals surface area contributed by atoms with Gasteiger partial charge >= 0.3 is 0 Å². The fourth-order valence-electron chi connectivity index (χ4n) is 2.92. The summed E-state index contributed by atoms with van der Waals surface area (Å²) in [7, 11) is 0. The van der Waals surface area contributed by atoms with Crippen molar-refractivity contribution in [2.45, 2.75) is 13.8 Å². The molecule has 0 unspecified atom stereocenters. The van der Waals surface area contributed by atoms with Gasteiger partial charge in [-0.1, -0.05) is 29.8 Å². The van der Waals surface area contributed by atoms with Crippen LogP contribution in [0.15, 0.2) is 78.5 Å². The molecule has 7 nitrogen and oxygen atoms in total. The van der Waals surface area contributed by atoms with Crippen molar-refractivity contribution in [2.75, 3.05) is 5.32 Å². The highest BCUT2D eigenvalue weighted by Gasteiger charge is 2.16. The normalized spacial score (nSPS) is 11.0. The van der Waals surface area contributed by atoms with Crippen LogP contribution < -0.4 is 10.6 Å². The minimum absolute atomic E-state index is 0.0156. The molecule has 0 aliphatic heterocycles. The highest BCUT2D eigenvalue weighted by Crippen LogP contribution is 2.16. The van der Waals surface area contributed by atoms with Crippen LogP contribution in [-0.4, -0.2) is 16.7 Å². The molecule has 0 bridgehead atoms. The van der Waals surface area contributed by atoms with Crippen LogP contribution in [0.25, 0.3) is 6.08 Å². The summed E-state index contributed by atoms with van der Waals surface area (Å²) < 4.78 is 0. The van der Waals surface area contributed by atoms with Crippen LogP contribution in [0, 0.1) is 24.0 Å². The van der Waals surface area contributed by atoms with Crippen LogP contribution in [-0.2, 0) is 4.79 Å². The zero-order chi connectivity index (χ0) is 22.4. The number of benzene rings is 3. The number of amides is 2. The van der Waals surface area contributed by atoms with Crippen molar-refractivity contribution in [3.05, 3.63) is 111 Å². The fraction of sp³-hybridized carbons (Fsp3) is 0.0833. The molecule has 2 amide bonds. The van der Waals surface area contributed by atoms with Gasteiger partial charge in [0, 0.05) is 23.4 Å². The Bertz CT molecular complexity index is 1170. The Kier molecular flexibility index (Phi) is 6.57. The quantitative estimate of drug-likeness (QED) is 0.348. The number of nitro groups is 1. The predicted molar refractivity (Wildman–Crippen MR) is 120 cm³/mol. The molecule has 7 heteroatoms. The van der Waals surface area contributed by atoms with Gasteiger partial charge in [-0.2, -0.15) is 0 Å². The molecule has 156 valence electrons. The SMILES string of the molecule is Cc1cccc(NC(=O)/C(=C/c2ccc([N+](=O)[O-])cc2)NC(=O)c2cccc(C)c2)c1. The fourth-order valence-corrected chi connectivity index (χ4v) is 2.92. The molecular weight excluding hydrogens is 394 g/mol. The highest BCUT2D eigenvalue weighted by atomic mass is 16.6. The zero-order valence-electron chi connectivity index (χ0n) is 17.1. The molecule has 0 spiro atoms. The van der Waals surface area contributed by atoms with Crippen LogP contribution in [0.3, 0.4) is 0 Å². The van der Waals surface area contributed by atoms with E-state index in [0.29, 0.717) is 16.8 Å². The number of nitro benzene ring substituents is 1. The third kappa shape index (κ3) is 5.86. The van der Waals surface area contributed by atoms with Crippen molar-refractivity contribution < 1.29 is 14.5 Å². The Hall–Kier alpha value is -4.26. The van der Waals surface area contributed by atoms with E-state index in [2.05, 4.69) is 10.6 Å². The summed E-state index contributed by atoms with van der Waals surface area (Å²) in [6, 6.07) is 20.0. The van der Waals surface area contributed by atoms with Crippen molar-refractivity contribution in [1.82, 2.24) is 5.32 Å². The summed E-state index contributed by atoms with van der Waals surface area (Å²) >= 11 is 0. The van der Waals surface area contributed by atoms with Crippen molar-refractivity contribution in [3.63, 3.8) is 0 Å². The van der Waals surface area contributed by atoms with Crippen LogP contribution >= 0.6 is 0 Å². The summed E-state index contributed by atoms with van der Waals surface area (Å²) in [5, 5.41) is 16.3. The number of anilines is 1. The summed E-state index contributed by atoms with van der Waals surface area (Å²) in [6.45, 7) is 3.78. The van der Waals surface area contributed by atoms with Gasteiger partial charge in [0.25, 0.3) is 17.5 Å². The van der Waals surface area contributed by atoms with Gasteiger partial charge in [-0.05, 0) is 67.4 Å². The topological polar surface area (TPSA) is 101 Å². The van der Waals surface area contributed by atoms with Gasteiger partial charge in [0.1, 0.15) is 5.70 Å². The minimum Gasteiger partial charge on any atom is -0.321 e. The third-order valence-corrected chi connectivity index (χ3v) is 4.46. The number of nitrogens with zero attached hydrogens (tertiary/aromatic N) is 1. The molecule has 0 heterocycles. The number of nitrogens with one attached hydrogen (secondary N) is 2. The number of carbonyl (C=O) groups is 2. The molecule has 0 fully saturated rings. The lowest BCUT2D eigenvalue weighted by molar-refractivity contribution is -0.384. The first kappa shape index (κ1) is 21.4. The second-order valence-electron chi connectivity index (χ2n) is 7.05. The van der Waals surface area contributed by atoms with E-state index in [4.69, 9.17) is 0 Å². The molecule has 3 rings (SSSR count). The molecule has 0 saturated carbocycles. The summed E-state index contributed by atoms with van der Waals surface area (Å²) in [5.41, 5.74) is 3.38. The first-order valence-corrected chi connectivity index (χ1v) is 9.54. The van der Waals surface area contributed by atoms with E-state index in [-0.39, 0.29) is 11.4 Å². The minimum atomic E-state index is -0.509. The maximum absolute atomic E-state index is 12.9. The second-order valence-corrected chi connectivity index (χ2v) is 7.05. The molecule has 2 N–H and O–H groups in total. The average molecular weight is 415 g/mol. The molecule has 0 atom stereocenters. The summed E-state index contributed by atoms with van der Waals surface area (Å²) in [4.78, 5) is 36.0. The monoisotopic (exact) mass is 415 g/mol. The van der Waals surface area contributed by atoms with E-state index in [9.17, 15) is 19.7 Å². The number of hydrogen-bond donors (Lipinski definition) is 2. The van der Waals surface area contributed by atoms with Gasteiger partial charge in [-0.15, -0.1) is 0 Å². The zero-order valence-corrected chi connectivity index (χ0v) is 17.1. The maximum Gasteiger partial charge on any atom is 0.272 e. The first-order valence-electron chi connectivity index (χ1n) is 9.54. The van der Waals surface area contributed by atoms with Crippen LogP contribution in [0.1, 0.15) is 27.0 Å². The molecule has 0 radical (unpaired) electrons. The molecule has 0 aliphatic rings. The summed E-state index contributed by atoms with van der Waals surface area (Å²) in [6.07, 6.45) is 1.47. The van der Waals surface area contributed by atoms with E-state index >= 15 is 0 Å². The van der Waals surface area contributed by atoms with Gasteiger partial charge in [0.15, 0.2) is 0 Å². The van der Waals surface area contributed by atoms with E-state index in [1.165, 1.54) is 30.3 Å². The van der Waals surface area contributed by atoms with Crippen molar-refractivity contribution >= 4 is 29.3 Å². The lowest BCUT2D eigenvalue weighted by Gasteiger charge is -2.12. The number of carbonyl (C=O) groups excluding carboxylic acids is 2. The van der Waals surface area contributed by atoms with Crippen molar-refractivity contribution in [2.24, 2.45) is 0 Å². The lowest BCUT2D eigenvalue weighted by atomic mass is 10.1. The number of rotatable bonds is 6. The van der Waals surface area contributed by atoms with E-state index in [1.807, 2.05) is 38.1 Å². The van der Waals surface area contributed by atoms with Gasteiger partial charge in [-0.25, -0.2) is 0 Å². The molecule has 0 aromatic heterocycles. The predicted octanol–water partition coefficient (Wildman–Crippen LogP) is 4.62. The third-order valence-electron chi connectivity index (χ3n) is 4.46. The van der Waals surface area contributed by atoms with Gasteiger partial charge in [0.2, 0.25) is 0 Å². The molecule has 3 aromatic carbocycles. The first-order chi connectivity index (χ1) is 14.8. The average Bonchev–Trinajstić information content (AvgIpc) is 2.73. The molecule has 0 aliphatic carbocycles. The number of non-ortho nitro benzene ring substituents is 1. The Morgan fingerprint density at radius 3 is 2.16 bits per heavy atom. The lowest BCUT2D eigenvalue weighted by Crippen LogP contribution is -2.30. The van der Waals surface area contributed by atoms with Crippen molar-refractivity contribution in [1.29, 1.82) is 0 Å². The Balaban J connectivity index is 1.91. The largest absolute Gasteiger partial charge is 0.321 e. The van der Waals surface area contributed by atoms with Crippen molar-refractivity contribution in [3.8, 4) is 0 Å². The van der Waals surface area contributed by atoms with E-state index < -0.39 is 16.7 Å². The molecule has 31 heavy (non-hydrogen) atoms. The second kappa shape index (κ2) is 9.49. The smallest absolute Gasteiger partial charge is 0.272 e. The Morgan fingerprint density at radius 2 is 1.55 bits per heavy atom. The molecule has 3 aromatic rings. The Morgan fingerprint density at radius 1 is 0.903 bits per heavy atom. The standard InChI is InChI=1S/C24H21N3O4/c1-16-5-3-7-19(13-16)23(28)26-22(15-18-9-11-21(12-10-18)27(30)31)24(29)25-20-8-4-6-17(2)14-20/h3-15H,1-2H3,(H,25,29)(H,26,28)/b22-15-. The molecule has 0 saturated heterocycles. The van der Waals surface area contributed by atoms with Crippen LogP contribution in [0.2, 0.25) is 0 Å². The van der Waals surface area contributed by atoms with Crippen LogP contribution in [0.5, 0.6) is 0 Å². The van der Waals surface area contributed by atoms with Crippen LogP contribution in [0.4, 0.5) is 11.4 Å². The summed E-state index contributed by atoms with van der Waals surface area (Å²) in [5.74, 6) is -0.943. The van der Waals surface area contributed by atoms with E-state index in [1.54, 1.807) is 24.3 Å². The van der Waals surface area contributed by atoms with E-state index in [0.717, 1.165) is 11.1 Å². The Labute approximate surface area is 179 Å².